The monoisotopic (exact) mass is 513 g/mol. The SMILES string of the molecule is CCCOc1ccc(CN=C(NCC)NCc2ccc(OC)cc2)cc1OC.I. The van der Waals surface area contributed by atoms with Crippen molar-refractivity contribution in [2.75, 3.05) is 27.4 Å². The predicted molar refractivity (Wildman–Crippen MR) is 129 cm³/mol. The van der Waals surface area contributed by atoms with Crippen molar-refractivity contribution in [3.8, 4) is 17.2 Å². The minimum absolute atomic E-state index is 0. The maximum atomic E-state index is 5.71. The van der Waals surface area contributed by atoms with Gasteiger partial charge in [0.15, 0.2) is 17.5 Å². The summed E-state index contributed by atoms with van der Waals surface area (Å²) in [5.41, 5.74) is 2.22. The summed E-state index contributed by atoms with van der Waals surface area (Å²) in [6.07, 6.45) is 0.959. The van der Waals surface area contributed by atoms with Crippen molar-refractivity contribution in [2.45, 2.75) is 33.4 Å². The summed E-state index contributed by atoms with van der Waals surface area (Å²) >= 11 is 0. The summed E-state index contributed by atoms with van der Waals surface area (Å²) < 4.78 is 16.3. The van der Waals surface area contributed by atoms with Crippen molar-refractivity contribution in [2.24, 2.45) is 4.99 Å². The van der Waals surface area contributed by atoms with Crippen LogP contribution in [-0.2, 0) is 13.1 Å². The van der Waals surface area contributed by atoms with Gasteiger partial charge in [-0.3, -0.25) is 0 Å². The highest BCUT2D eigenvalue weighted by atomic mass is 127. The van der Waals surface area contributed by atoms with Crippen LogP contribution in [0.4, 0.5) is 0 Å². The van der Waals surface area contributed by atoms with E-state index in [9.17, 15) is 0 Å². The molecule has 0 aliphatic rings. The Morgan fingerprint density at radius 1 is 0.897 bits per heavy atom. The van der Waals surface area contributed by atoms with Crippen molar-refractivity contribution in [1.82, 2.24) is 10.6 Å². The van der Waals surface area contributed by atoms with Gasteiger partial charge in [0.1, 0.15) is 5.75 Å². The number of halogens is 1. The molecule has 0 spiro atoms. The molecule has 0 bridgehead atoms. The van der Waals surface area contributed by atoms with Crippen LogP contribution in [0.2, 0.25) is 0 Å². The first-order chi connectivity index (χ1) is 13.7. The normalized spacial score (nSPS) is 10.7. The standard InChI is InChI=1S/C22H31N3O3.HI/c1-5-13-28-20-12-9-18(14-21(20)27-4)16-25-22(23-6-2)24-15-17-7-10-19(26-3)11-8-17;/h7-12,14H,5-6,13,15-16H2,1-4H3,(H2,23,24,25);1H. The van der Waals surface area contributed by atoms with Crippen molar-refractivity contribution in [3.63, 3.8) is 0 Å². The zero-order valence-corrected chi connectivity index (χ0v) is 20.0. The highest BCUT2D eigenvalue weighted by molar-refractivity contribution is 14.0. The summed E-state index contributed by atoms with van der Waals surface area (Å²) in [6.45, 7) is 6.82. The molecule has 0 saturated carbocycles. The Labute approximate surface area is 191 Å². The van der Waals surface area contributed by atoms with Crippen molar-refractivity contribution >= 4 is 29.9 Å². The van der Waals surface area contributed by atoms with E-state index in [4.69, 9.17) is 14.2 Å². The van der Waals surface area contributed by atoms with E-state index in [0.717, 1.165) is 47.3 Å². The second-order valence-corrected chi connectivity index (χ2v) is 6.23. The molecule has 2 aromatic rings. The Hall–Kier alpha value is -2.16. The summed E-state index contributed by atoms with van der Waals surface area (Å²) in [6, 6.07) is 13.9. The predicted octanol–water partition coefficient (Wildman–Crippen LogP) is 4.37. The largest absolute Gasteiger partial charge is 0.497 e. The average molecular weight is 513 g/mol. The number of methoxy groups -OCH3 is 2. The molecule has 0 atom stereocenters. The van der Waals surface area contributed by atoms with Crippen molar-refractivity contribution < 1.29 is 14.2 Å². The van der Waals surface area contributed by atoms with Gasteiger partial charge in [0, 0.05) is 13.1 Å². The van der Waals surface area contributed by atoms with E-state index in [0.29, 0.717) is 19.7 Å². The number of aliphatic imine (C=N–C) groups is 1. The molecule has 7 heteroatoms. The van der Waals surface area contributed by atoms with Gasteiger partial charge in [-0.15, -0.1) is 24.0 Å². The lowest BCUT2D eigenvalue weighted by Crippen LogP contribution is -2.36. The van der Waals surface area contributed by atoms with Crippen LogP contribution >= 0.6 is 24.0 Å². The summed E-state index contributed by atoms with van der Waals surface area (Å²) in [5.74, 6) is 3.12. The molecule has 0 aliphatic heterocycles. The van der Waals surface area contributed by atoms with Crippen LogP contribution in [0.15, 0.2) is 47.5 Å². The van der Waals surface area contributed by atoms with E-state index in [2.05, 4.69) is 22.5 Å². The number of hydrogen-bond donors (Lipinski definition) is 2. The number of hydrogen-bond acceptors (Lipinski definition) is 4. The van der Waals surface area contributed by atoms with Gasteiger partial charge < -0.3 is 24.8 Å². The number of ether oxygens (including phenoxy) is 3. The fourth-order valence-electron chi connectivity index (χ4n) is 2.58. The lowest BCUT2D eigenvalue weighted by molar-refractivity contribution is 0.294. The summed E-state index contributed by atoms with van der Waals surface area (Å²) in [4.78, 5) is 4.67. The number of guanidine groups is 1. The van der Waals surface area contributed by atoms with E-state index in [1.165, 1.54) is 0 Å². The first-order valence-corrected chi connectivity index (χ1v) is 9.65. The Morgan fingerprint density at radius 2 is 1.62 bits per heavy atom. The Bertz CT molecular complexity index is 751. The van der Waals surface area contributed by atoms with Crippen LogP contribution in [-0.4, -0.2) is 33.3 Å². The maximum absolute atomic E-state index is 5.71. The molecular weight excluding hydrogens is 481 g/mol. The lowest BCUT2D eigenvalue weighted by atomic mass is 10.2. The van der Waals surface area contributed by atoms with Crippen molar-refractivity contribution in [3.05, 3.63) is 53.6 Å². The van der Waals surface area contributed by atoms with Gasteiger partial charge >= 0.3 is 0 Å². The summed E-state index contributed by atoms with van der Waals surface area (Å²) in [5, 5.41) is 6.63. The van der Waals surface area contributed by atoms with E-state index in [-0.39, 0.29) is 24.0 Å². The minimum atomic E-state index is 0. The van der Waals surface area contributed by atoms with Gasteiger partial charge in [-0.25, -0.2) is 4.99 Å². The topological polar surface area (TPSA) is 64.1 Å². The van der Waals surface area contributed by atoms with Crippen LogP contribution in [0.3, 0.4) is 0 Å². The third-order valence-corrected chi connectivity index (χ3v) is 4.07. The number of rotatable bonds is 10. The molecule has 6 nitrogen and oxygen atoms in total. The van der Waals surface area contributed by atoms with E-state index in [1.807, 2.05) is 49.4 Å². The molecule has 2 aromatic carbocycles. The third kappa shape index (κ3) is 8.39. The Kier molecular flexibility index (Phi) is 11.9. The second kappa shape index (κ2) is 13.9. The van der Waals surface area contributed by atoms with E-state index in [1.54, 1.807) is 14.2 Å². The molecule has 0 unspecified atom stereocenters. The molecule has 2 rings (SSSR count). The van der Waals surface area contributed by atoms with Gasteiger partial charge in [0.05, 0.1) is 27.4 Å². The average Bonchev–Trinajstić information content (AvgIpc) is 2.74. The fourth-order valence-corrected chi connectivity index (χ4v) is 2.58. The van der Waals surface area contributed by atoms with Gasteiger partial charge in [0.2, 0.25) is 0 Å². The molecular formula is C22H32IN3O3. The molecule has 29 heavy (non-hydrogen) atoms. The zero-order valence-electron chi connectivity index (χ0n) is 17.7. The molecule has 0 aliphatic carbocycles. The quantitative estimate of drug-likeness (QED) is 0.281. The van der Waals surface area contributed by atoms with Gasteiger partial charge in [-0.05, 0) is 48.7 Å². The van der Waals surface area contributed by atoms with Crippen LogP contribution < -0.4 is 24.8 Å². The maximum Gasteiger partial charge on any atom is 0.191 e. The fraction of sp³-hybridized carbons (Fsp3) is 0.409. The first kappa shape index (κ1) is 24.9. The molecule has 2 N–H and O–H groups in total. The number of benzene rings is 2. The summed E-state index contributed by atoms with van der Waals surface area (Å²) in [7, 11) is 3.32. The molecule has 0 amide bonds. The van der Waals surface area contributed by atoms with Crippen LogP contribution in [0.25, 0.3) is 0 Å². The van der Waals surface area contributed by atoms with E-state index < -0.39 is 0 Å². The molecule has 0 radical (unpaired) electrons. The lowest BCUT2D eigenvalue weighted by Gasteiger charge is -2.13. The Morgan fingerprint density at radius 3 is 2.24 bits per heavy atom. The third-order valence-electron chi connectivity index (χ3n) is 4.07. The van der Waals surface area contributed by atoms with Crippen LogP contribution in [0, 0.1) is 0 Å². The smallest absolute Gasteiger partial charge is 0.191 e. The molecule has 0 aromatic heterocycles. The number of nitrogens with zero attached hydrogens (tertiary/aromatic N) is 1. The molecule has 160 valence electrons. The molecule has 0 saturated heterocycles. The highest BCUT2D eigenvalue weighted by Gasteiger charge is 2.06. The van der Waals surface area contributed by atoms with E-state index >= 15 is 0 Å². The van der Waals surface area contributed by atoms with Crippen molar-refractivity contribution in [1.29, 1.82) is 0 Å². The van der Waals surface area contributed by atoms with Gasteiger partial charge in [-0.1, -0.05) is 25.1 Å². The number of nitrogens with one attached hydrogen (secondary N) is 2. The van der Waals surface area contributed by atoms with Crippen LogP contribution in [0.1, 0.15) is 31.4 Å². The van der Waals surface area contributed by atoms with Crippen LogP contribution in [0.5, 0.6) is 17.2 Å². The second-order valence-electron chi connectivity index (χ2n) is 6.23. The first-order valence-electron chi connectivity index (χ1n) is 9.65. The Balaban J connectivity index is 0.00000420. The minimum Gasteiger partial charge on any atom is -0.497 e. The molecule has 0 heterocycles. The van der Waals surface area contributed by atoms with Gasteiger partial charge in [-0.2, -0.15) is 0 Å². The molecule has 0 fully saturated rings. The highest BCUT2D eigenvalue weighted by Crippen LogP contribution is 2.28. The van der Waals surface area contributed by atoms with Gasteiger partial charge in [0.25, 0.3) is 0 Å². The zero-order chi connectivity index (χ0) is 20.2.